The van der Waals surface area contributed by atoms with E-state index < -0.39 is 46.8 Å². The van der Waals surface area contributed by atoms with Crippen LogP contribution in [-0.2, 0) is 28.6 Å². The second kappa shape index (κ2) is 9.99. The Kier molecular flexibility index (Phi) is 7.94. The molecule has 0 spiro atoms. The molecule has 4 atom stereocenters. The summed E-state index contributed by atoms with van der Waals surface area (Å²) in [7, 11) is 0. The van der Waals surface area contributed by atoms with Crippen molar-refractivity contribution in [1.29, 1.82) is 0 Å². The van der Waals surface area contributed by atoms with E-state index in [4.69, 9.17) is 25.8 Å². The van der Waals surface area contributed by atoms with Crippen LogP contribution in [-0.4, -0.2) is 51.0 Å². The lowest BCUT2D eigenvalue weighted by atomic mass is 10.2. The van der Waals surface area contributed by atoms with Gasteiger partial charge in [-0.3, -0.25) is 19.0 Å². The zero-order valence-electron chi connectivity index (χ0n) is 15.8. The molecular weight excluding hydrogens is 474 g/mol. The van der Waals surface area contributed by atoms with Crippen molar-refractivity contribution in [3.63, 3.8) is 0 Å². The number of alkyl halides is 1. The number of carbonyl (C=O) groups is 3. The van der Waals surface area contributed by atoms with E-state index >= 15 is 0 Å². The van der Waals surface area contributed by atoms with E-state index in [1.165, 1.54) is 38.6 Å². The predicted octanol–water partition coefficient (Wildman–Crippen LogP) is 1.57. The average Bonchev–Trinajstić information content (AvgIpc) is 2.90. The summed E-state index contributed by atoms with van der Waals surface area (Å²) in [5.74, 6) is -1.49. The molecule has 1 amide bonds. The van der Waals surface area contributed by atoms with E-state index in [0.717, 1.165) is 4.57 Å². The molecule has 0 radical (unpaired) electrons. The van der Waals surface area contributed by atoms with Gasteiger partial charge in [0, 0.05) is 38.1 Å². The van der Waals surface area contributed by atoms with Crippen molar-refractivity contribution in [3.8, 4) is 0 Å². The zero-order chi connectivity index (χ0) is 21.7. The molecule has 1 aliphatic rings. The van der Waals surface area contributed by atoms with Gasteiger partial charge in [-0.05, 0) is 6.08 Å². The summed E-state index contributed by atoms with van der Waals surface area (Å²) in [4.78, 5) is 49.9. The topological polar surface area (TPSA) is 126 Å². The summed E-state index contributed by atoms with van der Waals surface area (Å²) in [6.45, 7) is 3.63. The highest BCUT2D eigenvalue weighted by Gasteiger charge is 2.47. The molecule has 29 heavy (non-hydrogen) atoms. The average molecular weight is 493 g/mol. The predicted molar refractivity (Wildman–Crippen MR) is 106 cm³/mol. The maximum absolute atomic E-state index is 12.6. The number of nitrogens with one attached hydrogen (secondary N) is 1. The summed E-state index contributed by atoms with van der Waals surface area (Å²) in [6, 6.07) is 0. The van der Waals surface area contributed by atoms with Crippen LogP contribution in [0.2, 0.25) is 0 Å². The summed E-state index contributed by atoms with van der Waals surface area (Å²) in [6.07, 6.45) is 0.133. The Balaban J connectivity index is 2.46. The Hall–Kier alpha value is -2.24. The van der Waals surface area contributed by atoms with E-state index in [1.807, 2.05) is 0 Å². The van der Waals surface area contributed by atoms with Gasteiger partial charge in [-0.2, -0.15) is 4.98 Å². The lowest BCUT2D eigenvalue weighted by Gasteiger charge is -2.22. The van der Waals surface area contributed by atoms with E-state index in [2.05, 4.69) is 26.2 Å². The third-order valence-electron chi connectivity index (χ3n) is 3.81. The lowest BCUT2D eigenvalue weighted by molar-refractivity contribution is -0.153. The number of carbonyl (C=O) groups excluding carboxylic acids is 3. The van der Waals surface area contributed by atoms with Crippen LogP contribution >= 0.6 is 27.5 Å². The summed E-state index contributed by atoms with van der Waals surface area (Å²) in [5, 5.41) is 2.44. The second-order valence-corrected chi connectivity index (χ2v) is 7.40. The third-order valence-corrected chi connectivity index (χ3v) is 5.04. The van der Waals surface area contributed by atoms with Crippen molar-refractivity contribution >= 4 is 57.3 Å². The maximum Gasteiger partial charge on any atom is 0.351 e. The fourth-order valence-electron chi connectivity index (χ4n) is 2.69. The van der Waals surface area contributed by atoms with Crippen molar-refractivity contribution in [2.24, 2.45) is 0 Å². The number of nitrogens with zero attached hydrogens (tertiary/aromatic N) is 2. The standard InChI is InChI=1S/C17H19BrClN3O7/c1-8(23)20-15-11(4-5-19)6-22(17(26)21-15)16-14(28-10(3)25)13(18)12(29-16)7-27-9(2)24/h4-6,12-14,16H,7H2,1-3H3,(H,20,21,23,26)/b5-4+/t12-,13+,14-,16-/m1/s1. The van der Waals surface area contributed by atoms with Gasteiger partial charge < -0.3 is 19.5 Å². The minimum absolute atomic E-state index is 0.0181. The molecule has 2 heterocycles. The Labute approximate surface area is 179 Å². The Bertz CT molecular complexity index is 888. The Morgan fingerprint density at radius 1 is 1.34 bits per heavy atom. The first-order valence-corrected chi connectivity index (χ1v) is 9.77. The minimum Gasteiger partial charge on any atom is -0.463 e. The van der Waals surface area contributed by atoms with Crippen LogP contribution in [0.4, 0.5) is 5.82 Å². The summed E-state index contributed by atoms with van der Waals surface area (Å²) < 4.78 is 17.3. The van der Waals surface area contributed by atoms with Crippen LogP contribution < -0.4 is 11.0 Å². The molecule has 1 fully saturated rings. The molecular formula is C17H19BrClN3O7. The fourth-order valence-corrected chi connectivity index (χ4v) is 3.47. The number of hydrogen-bond acceptors (Lipinski definition) is 8. The molecule has 0 saturated carbocycles. The number of aromatic nitrogens is 2. The molecule has 1 N–H and O–H groups in total. The van der Waals surface area contributed by atoms with Crippen molar-refractivity contribution in [2.75, 3.05) is 11.9 Å². The number of ether oxygens (including phenoxy) is 3. The maximum atomic E-state index is 12.6. The van der Waals surface area contributed by atoms with Gasteiger partial charge in [-0.1, -0.05) is 27.5 Å². The van der Waals surface area contributed by atoms with Gasteiger partial charge in [0.15, 0.2) is 12.3 Å². The molecule has 0 aliphatic carbocycles. The van der Waals surface area contributed by atoms with Gasteiger partial charge in [0.1, 0.15) is 18.5 Å². The molecule has 158 valence electrons. The van der Waals surface area contributed by atoms with Crippen LogP contribution in [0.15, 0.2) is 16.5 Å². The number of halogens is 2. The molecule has 1 saturated heterocycles. The molecule has 12 heteroatoms. The first kappa shape index (κ1) is 23.0. The number of anilines is 1. The summed E-state index contributed by atoms with van der Waals surface area (Å²) >= 11 is 9.03. The molecule has 1 aromatic rings. The van der Waals surface area contributed by atoms with Crippen molar-refractivity contribution in [2.45, 2.75) is 44.0 Å². The molecule has 1 aromatic heterocycles. The number of rotatable bonds is 6. The second-order valence-electron chi connectivity index (χ2n) is 6.09. The monoisotopic (exact) mass is 491 g/mol. The van der Waals surface area contributed by atoms with Crippen molar-refractivity contribution in [1.82, 2.24) is 9.55 Å². The van der Waals surface area contributed by atoms with Crippen LogP contribution in [0.3, 0.4) is 0 Å². The molecule has 1 aliphatic heterocycles. The van der Waals surface area contributed by atoms with E-state index in [1.54, 1.807) is 0 Å². The molecule has 0 bridgehead atoms. The van der Waals surface area contributed by atoms with E-state index in [0.29, 0.717) is 5.56 Å². The molecule has 10 nitrogen and oxygen atoms in total. The largest absolute Gasteiger partial charge is 0.463 e. The van der Waals surface area contributed by atoms with Crippen molar-refractivity contribution < 1.29 is 28.6 Å². The summed E-state index contributed by atoms with van der Waals surface area (Å²) in [5.41, 5.74) is 0.762. The van der Waals surface area contributed by atoms with Crippen LogP contribution in [0.1, 0.15) is 32.6 Å². The van der Waals surface area contributed by atoms with Gasteiger partial charge in [0.25, 0.3) is 0 Å². The van der Waals surface area contributed by atoms with Crippen LogP contribution in [0, 0.1) is 0 Å². The van der Waals surface area contributed by atoms with Crippen LogP contribution in [0.5, 0.6) is 0 Å². The first-order valence-electron chi connectivity index (χ1n) is 8.41. The molecule has 0 aromatic carbocycles. The van der Waals surface area contributed by atoms with Gasteiger partial charge >= 0.3 is 17.6 Å². The fraction of sp³-hybridized carbons (Fsp3) is 0.471. The third kappa shape index (κ3) is 5.87. The highest BCUT2D eigenvalue weighted by atomic mass is 79.9. The van der Waals surface area contributed by atoms with Crippen LogP contribution in [0.25, 0.3) is 6.08 Å². The van der Waals surface area contributed by atoms with Crippen molar-refractivity contribution in [3.05, 3.63) is 27.8 Å². The smallest absolute Gasteiger partial charge is 0.351 e. The first-order chi connectivity index (χ1) is 13.6. The SMILES string of the molecule is CC(=O)Nc1nc(=O)n([C@@H]2O[C@H](COC(C)=O)[C@H](Br)[C@H]2OC(C)=O)cc1/C=C/Cl. The van der Waals surface area contributed by atoms with Gasteiger partial charge in [-0.25, -0.2) is 4.79 Å². The van der Waals surface area contributed by atoms with Gasteiger partial charge in [-0.15, -0.1) is 0 Å². The number of hydrogen-bond donors (Lipinski definition) is 1. The Morgan fingerprint density at radius 2 is 2.03 bits per heavy atom. The normalized spacial score (nSPS) is 23.8. The minimum atomic E-state index is -1.06. The Morgan fingerprint density at radius 3 is 2.59 bits per heavy atom. The highest BCUT2D eigenvalue weighted by molar-refractivity contribution is 9.09. The quantitative estimate of drug-likeness (QED) is 0.468. The molecule has 2 rings (SSSR count). The lowest BCUT2D eigenvalue weighted by Crippen LogP contribution is -2.37. The molecule has 0 unspecified atom stereocenters. The van der Waals surface area contributed by atoms with Gasteiger partial charge in [0.05, 0.1) is 4.83 Å². The van der Waals surface area contributed by atoms with E-state index in [-0.39, 0.29) is 12.4 Å². The van der Waals surface area contributed by atoms with Gasteiger partial charge in [0.2, 0.25) is 5.91 Å². The highest BCUT2D eigenvalue weighted by Crippen LogP contribution is 2.36. The van der Waals surface area contributed by atoms with E-state index in [9.17, 15) is 19.2 Å². The number of amides is 1. The number of esters is 2. The zero-order valence-corrected chi connectivity index (χ0v) is 18.1.